The van der Waals surface area contributed by atoms with Crippen LogP contribution in [0.3, 0.4) is 0 Å². The number of hydrogen-bond acceptors (Lipinski definition) is 0. The highest BCUT2D eigenvalue weighted by Gasteiger charge is 2.31. The van der Waals surface area contributed by atoms with Crippen LogP contribution in [0, 0.1) is 0 Å². The molecule has 0 saturated carbocycles. The van der Waals surface area contributed by atoms with Gasteiger partial charge < -0.3 is 0 Å². The molecule has 0 rings (SSSR count). The van der Waals surface area contributed by atoms with Crippen LogP contribution in [-0.2, 0) is 4.80 Å². The van der Waals surface area contributed by atoms with E-state index in [1.54, 1.807) is 0 Å². The van der Waals surface area contributed by atoms with E-state index in [0.717, 1.165) is 18.1 Å². The molecule has 157 valence electrons. The Hall–Kier alpha value is 0.177. The highest BCUT2D eigenvalue weighted by Crippen LogP contribution is 2.28. The van der Waals surface area contributed by atoms with Gasteiger partial charge in [-0.05, 0) is 18.1 Å². The van der Waals surface area contributed by atoms with Crippen LogP contribution in [0.4, 0.5) is 0 Å². The van der Waals surface area contributed by atoms with Gasteiger partial charge in [0.25, 0.3) is 0 Å². The largest absolute Gasteiger partial charge is 0.297 e. The third-order valence-corrected chi connectivity index (χ3v) is 9.75. The van der Waals surface area contributed by atoms with Crippen molar-refractivity contribution in [3.05, 3.63) is 0 Å². The fourth-order valence-corrected chi connectivity index (χ4v) is 7.49. The number of rotatable bonds is 21. The highest BCUT2D eigenvalue weighted by molar-refractivity contribution is 6.72. The molecule has 1 radical (unpaired) electrons. The summed E-state index contributed by atoms with van der Waals surface area (Å²) in [6.07, 6.45) is 23.9. The summed E-state index contributed by atoms with van der Waals surface area (Å²) in [5.41, 5.74) is 0. The minimum atomic E-state index is -2.20. The molecule has 0 fully saturated rings. The Morgan fingerprint density at radius 1 is 0.385 bits per heavy atom. The van der Waals surface area contributed by atoms with E-state index in [9.17, 15) is 4.80 Å². The Balaban J connectivity index is 4.02. The maximum absolute atomic E-state index is 13.5. The van der Waals surface area contributed by atoms with Crippen molar-refractivity contribution in [1.29, 1.82) is 0 Å². The van der Waals surface area contributed by atoms with Gasteiger partial charge in [-0.1, -0.05) is 136 Å². The average Bonchev–Trinajstić information content (AvgIpc) is 2.64. The van der Waals surface area contributed by atoms with Crippen molar-refractivity contribution in [3.63, 3.8) is 0 Å². The van der Waals surface area contributed by atoms with Crippen LogP contribution in [0.1, 0.15) is 136 Å². The molecule has 0 aliphatic rings. The lowest BCUT2D eigenvalue weighted by molar-refractivity contribution is 0.398. The molecule has 0 spiro atoms. The van der Waals surface area contributed by atoms with E-state index in [1.807, 2.05) is 0 Å². The summed E-state index contributed by atoms with van der Waals surface area (Å²) in [6.45, 7) is 6.82. The van der Waals surface area contributed by atoms with Crippen molar-refractivity contribution in [2.24, 2.45) is 0 Å². The van der Waals surface area contributed by atoms with Crippen LogP contribution in [-0.4, -0.2) is 8.32 Å². The standard InChI is InChI=1S/C24H51OSi/c1-4-7-10-13-16-19-22-26(25,23-20-17-14-11-8-5-2)24-21-18-15-12-9-6-3/h4-24H2,1-3H3. The Kier molecular flexibility index (Phi) is 20.1. The Labute approximate surface area is 167 Å². The van der Waals surface area contributed by atoms with Crippen LogP contribution in [0.15, 0.2) is 0 Å². The number of hydrogen-bond donors (Lipinski definition) is 0. The molecular formula is C24H51OSi. The molecule has 0 saturated heterocycles. The minimum Gasteiger partial charge on any atom is -0.297 e. The zero-order valence-corrected chi connectivity index (χ0v) is 19.8. The molecule has 2 heteroatoms. The second kappa shape index (κ2) is 19.9. The van der Waals surface area contributed by atoms with Gasteiger partial charge in [0.15, 0.2) is 0 Å². The summed E-state index contributed by atoms with van der Waals surface area (Å²) in [5, 5.41) is 0. The van der Waals surface area contributed by atoms with Crippen LogP contribution in [0.2, 0.25) is 18.1 Å². The molecule has 0 bridgehead atoms. The van der Waals surface area contributed by atoms with Gasteiger partial charge in [-0.25, -0.2) is 0 Å². The highest BCUT2D eigenvalue weighted by atomic mass is 28.4. The monoisotopic (exact) mass is 383 g/mol. The molecule has 0 unspecified atom stereocenters. The average molecular weight is 384 g/mol. The van der Waals surface area contributed by atoms with Crippen LogP contribution >= 0.6 is 0 Å². The van der Waals surface area contributed by atoms with E-state index in [0.29, 0.717) is 0 Å². The summed E-state index contributed by atoms with van der Waals surface area (Å²) >= 11 is 0. The molecule has 1 nitrogen and oxygen atoms in total. The third-order valence-electron chi connectivity index (χ3n) is 5.96. The van der Waals surface area contributed by atoms with Gasteiger partial charge in [-0.3, -0.25) is 4.80 Å². The van der Waals surface area contributed by atoms with Crippen LogP contribution < -0.4 is 0 Å². The first-order valence-electron chi connectivity index (χ1n) is 12.4. The molecule has 0 aromatic heterocycles. The first-order chi connectivity index (χ1) is 12.7. The Morgan fingerprint density at radius 3 is 0.885 bits per heavy atom. The molecule has 0 atom stereocenters. The van der Waals surface area contributed by atoms with Crippen molar-refractivity contribution in [2.45, 2.75) is 154 Å². The molecule has 0 aliphatic carbocycles. The molecular weight excluding hydrogens is 332 g/mol. The normalized spacial score (nSPS) is 12.0. The van der Waals surface area contributed by atoms with E-state index in [4.69, 9.17) is 0 Å². The molecule has 0 N–H and O–H groups in total. The predicted molar refractivity (Wildman–Crippen MR) is 121 cm³/mol. The summed E-state index contributed by atoms with van der Waals surface area (Å²) in [4.78, 5) is 13.5. The minimum absolute atomic E-state index is 1.07. The van der Waals surface area contributed by atoms with E-state index < -0.39 is 8.32 Å². The van der Waals surface area contributed by atoms with Crippen molar-refractivity contribution < 1.29 is 4.80 Å². The smallest absolute Gasteiger partial charge is 0.237 e. The van der Waals surface area contributed by atoms with Gasteiger partial charge in [0.05, 0.1) is 0 Å². The molecule has 0 aromatic carbocycles. The van der Waals surface area contributed by atoms with E-state index in [1.165, 1.54) is 116 Å². The fourth-order valence-electron chi connectivity index (χ4n) is 4.06. The van der Waals surface area contributed by atoms with E-state index in [-0.39, 0.29) is 0 Å². The van der Waals surface area contributed by atoms with E-state index in [2.05, 4.69) is 20.8 Å². The molecule has 0 heterocycles. The first kappa shape index (κ1) is 26.2. The van der Waals surface area contributed by atoms with Crippen LogP contribution in [0.5, 0.6) is 0 Å². The third kappa shape index (κ3) is 17.6. The Bertz CT molecular complexity index is 226. The van der Waals surface area contributed by atoms with Crippen molar-refractivity contribution in [3.8, 4) is 0 Å². The summed E-state index contributed by atoms with van der Waals surface area (Å²) < 4.78 is 0. The quantitative estimate of drug-likeness (QED) is 0.139. The lowest BCUT2D eigenvalue weighted by Crippen LogP contribution is -2.32. The first-order valence-corrected chi connectivity index (χ1v) is 14.9. The van der Waals surface area contributed by atoms with Gasteiger partial charge in [0.1, 0.15) is 0 Å². The van der Waals surface area contributed by atoms with Gasteiger partial charge in [0, 0.05) is 0 Å². The lowest BCUT2D eigenvalue weighted by Gasteiger charge is -2.23. The SMILES string of the molecule is CCCCCCCC[Si]([O])(CCCCCCCC)CCCCCCCC. The van der Waals surface area contributed by atoms with Crippen molar-refractivity contribution in [1.82, 2.24) is 0 Å². The fraction of sp³-hybridized carbons (Fsp3) is 1.00. The predicted octanol–water partition coefficient (Wildman–Crippen LogP) is 9.44. The molecule has 0 amide bonds. The molecule has 26 heavy (non-hydrogen) atoms. The number of unbranched alkanes of at least 4 members (excludes halogenated alkanes) is 15. The van der Waals surface area contributed by atoms with Gasteiger partial charge in [-0.15, -0.1) is 0 Å². The van der Waals surface area contributed by atoms with Crippen LogP contribution in [0.25, 0.3) is 0 Å². The zero-order chi connectivity index (χ0) is 19.3. The zero-order valence-electron chi connectivity index (χ0n) is 18.8. The topological polar surface area (TPSA) is 19.9 Å². The molecule has 0 aromatic rings. The van der Waals surface area contributed by atoms with E-state index >= 15 is 0 Å². The summed E-state index contributed by atoms with van der Waals surface area (Å²) in [7, 11) is -2.20. The van der Waals surface area contributed by atoms with Gasteiger partial charge >= 0.3 is 0 Å². The van der Waals surface area contributed by atoms with Gasteiger partial charge in [0.2, 0.25) is 8.32 Å². The summed E-state index contributed by atoms with van der Waals surface area (Å²) in [6, 6.07) is 3.22. The molecule has 0 aliphatic heterocycles. The Morgan fingerprint density at radius 2 is 0.615 bits per heavy atom. The second-order valence-electron chi connectivity index (χ2n) is 8.74. The summed E-state index contributed by atoms with van der Waals surface area (Å²) in [5.74, 6) is 0. The van der Waals surface area contributed by atoms with Crippen molar-refractivity contribution in [2.75, 3.05) is 0 Å². The maximum atomic E-state index is 13.5. The van der Waals surface area contributed by atoms with Crippen molar-refractivity contribution >= 4 is 8.32 Å². The van der Waals surface area contributed by atoms with Gasteiger partial charge in [-0.2, -0.15) is 0 Å². The second-order valence-corrected chi connectivity index (χ2v) is 12.6. The lowest BCUT2D eigenvalue weighted by atomic mass is 10.1. The maximum Gasteiger partial charge on any atom is 0.237 e.